The van der Waals surface area contributed by atoms with Crippen LogP contribution >= 0.6 is 0 Å². The molecule has 5 nitrogen and oxygen atoms in total. The lowest BCUT2D eigenvalue weighted by molar-refractivity contribution is 0.241. The van der Waals surface area contributed by atoms with Crippen molar-refractivity contribution in [1.82, 2.24) is 15.5 Å². The summed E-state index contributed by atoms with van der Waals surface area (Å²) < 4.78 is 0. The minimum atomic E-state index is 0.184. The molecule has 3 unspecified atom stereocenters. The zero-order valence-electron chi connectivity index (χ0n) is 13.7. The van der Waals surface area contributed by atoms with Gasteiger partial charge < -0.3 is 15.7 Å². The van der Waals surface area contributed by atoms with E-state index < -0.39 is 0 Å². The molecule has 0 amide bonds. The Hall–Kier alpha value is -0.810. The molecule has 3 atom stereocenters. The van der Waals surface area contributed by atoms with Gasteiger partial charge in [-0.15, -0.1) is 0 Å². The summed E-state index contributed by atoms with van der Waals surface area (Å²) >= 11 is 0. The van der Waals surface area contributed by atoms with Gasteiger partial charge in [0.15, 0.2) is 5.96 Å². The smallest absolute Gasteiger partial charge is 0.191 e. The van der Waals surface area contributed by atoms with Crippen LogP contribution in [0.25, 0.3) is 0 Å². The number of nitrogens with zero attached hydrogens (tertiary/aromatic N) is 2. The van der Waals surface area contributed by atoms with Crippen molar-refractivity contribution in [2.45, 2.75) is 46.7 Å². The normalized spacial score (nSPS) is 26.1. The van der Waals surface area contributed by atoms with Crippen LogP contribution in [0.3, 0.4) is 0 Å². The van der Waals surface area contributed by atoms with Gasteiger partial charge in [-0.2, -0.15) is 0 Å². The van der Waals surface area contributed by atoms with Crippen LogP contribution in [0.2, 0.25) is 0 Å². The number of aliphatic imine (C=N–C) groups is 1. The Morgan fingerprint density at radius 2 is 2.05 bits per heavy atom. The second kappa shape index (κ2) is 8.47. The maximum absolute atomic E-state index is 9.08. The van der Waals surface area contributed by atoms with E-state index >= 15 is 0 Å². The van der Waals surface area contributed by atoms with Gasteiger partial charge in [0.2, 0.25) is 0 Å². The SMILES string of the molecule is CCNC(=NCC(C)CO)NC1CN(C(C)C)CC1C. The van der Waals surface area contributed by atoms with E-state index in [1.54, 1.807) is 0 Å². The highest BCUT2D eigenvalue weighted by Gasteiger charge is 2.31. The number of hydrogen-bond donors (Lipinski definition) is 3. The first kappa shape index (κ1) is 17.2. The third-order valence-electron chi connectivity index (χ3n) is 3.91. The Morgan fingerprint density at radius 3 is 2.55 bits per heavy atom. The Morgan fingerprint density at radius 1 is 1.35 bits per heavy atom. The molecule has 1 fully saturated rings. The Kier molecular flexibility index (Phi) is 7.30. The third-order valence-corrected chi connectivity index (χ3v) is 3.91. The number of guanidine groups is 1. The van der Waals surface area contributed by atoms with E-state index in [9.17, 15) is 0 Å². The average Bonchev–Trinajstić information content (AvgIpc) is 2.77. The molecule has 0 aromatic heterocycles. The van der Waals surface area contributed by atoms with E-state index in [4.69, 9.17) is 5.11 Å². The summed E-state index contributed by atoms with van der Waals surface area (Å²) in [6, 6.07) is 1.04. The van der Waals surface area contributed by atoms with Crippen molar-refractivity contribution in [2.75, 3.05) is 32.8 Å². The number of aliphatic hydroxyl groups excluding tert-OH is 1. The summed E-state index contributed by atoms with van der Waals surface area (Å²) in [6.45, 7) is 14.8. The largest absolute Gasteiger partial charge is 0.396 e. The first-order chi connectivity index (χ1) is 9.47. The van der Waals surface area contributed by atoms with Crippen LogP contribution in [0.15, 0.2) is 4.99 Å². The molecule has 1 rings (SSSR count). The van der Waals surface area contributed by atoms with Crippen molar-refractivity contribution in [3.8, 4) is 0 Å². The van der Waals surface area contributed by atoms with Crippen LogP contribution in [0.4, 0.5) is 0 Å². The van der Waals surface area contributed by atoms with Gasteiger partial charge in [-0.25, -0.2) is 0 Å². The fourth-order valence-electron chi connectivity index (χ4n) is 2.41. The first-order valence-electron chi connectivity index (χ1n) is 7.87. The van der Waals surface area contributed by atoms with Crippen molar-refractivity contribution >= 4 is 5.96 Å². The Labute approximate surface area is 123 Å². The molecule has 1 aliphatic heterocycles. The van der Waals surface area contributed by atoms with Crippen LogP contribution in [0, 0.1) is 11.8 Å². The molecule has 0 saturated carbocycles. The summed E-state index contributed by atoms with van der Waals surface area (Å²) in [4.78, 5) is 7.07. The summed E-state index contributed by atoms with van der Waals surface area (Å²) in [5, 5.41) is 15.9. The number of aliphatic hydroxyl groups is 1. The van der Waals surface area contributed by atoms with E-state index in [0.29, 0.717) is 24.5 Å². The lowest BCUT2D eigenvalue weighted by Gasteiger charge is -2.22. The van der Waals surface area contributed by atoms with Gasteiger partial charge in [0.05, 0.1) is 0 Å². The van der Waals surface area contributed by atoms with E-state index in [0.717, 1.165) is 25.6 Å². The summed E-state index contributed by atoms with van der Waals surface area (Å²) in [5.41, 5.74) is 0. The molecular weight excluding hydrogens is 252 g/mol. The average molecular weight is 284 g/mol. The van der Waals surface area contributed by atoms with Crippen molar-refractivity contribution in [3.05, 3.63) is 0 Å². The summed E-state index contributed by atoms with van der Waals surface area (Å²) in [7, 11) is 0. The van der Waals surface area contributed by atoms with Gasteiger partial charge in [-0.05, 0) is 32.6 Å². The molecule has 1 aliphatic rings. The molecule has 0 aromatic carbocycles. The third kappa shape index (κ3) is 5.29. The van der Waals surface area contributed by atoms with E-state index in [1.165, 1.54) is 0 Å². The molecule has 0 spiro atoms. The molecule has 0 aromatic rings. The second-order valence-corrected chi connectivity index (χ2v) is 6.28. The second-order valence-electron chi connectivity index (χ2n) is 6.28. The Bertz CT molecular complexity index is 306. The molecule has 5 heteroatoms. The predicted octanol–water partition coefficient (Wildman–Crippen LogP) is 0.899. The molecule has 3 N–H and O–H groups in total. The van der Waals surface area contributed by atoms with Crippen molar-refractivity contribution in [2.24, 2.45) is 16.8 Å². The van der Waals surface area contributed by atoms with Gasteiger partial charge in [0, 0.05) is 44.9 Å². The van der Waals surface area contributed by atoms with Gasteiger partial charge in [0.25, 0.3) is 0 Å². The fraction of sp³-hybridized carbons (Fsp3) is 0.933. The highest BCUT2D eigenvalue weighted by atomic mass is 16.3. The van der Waals surface area contributed by atoms with E-state index in [2.05, 4.69) is 48.2 Å². The maximum Gasteiger partial charge on any atom is 0.191 e. The van der Waals surface area contributed by atoms with E-state index in [1.807, 2.05) is 6.92 Å². The monoisotopic (exact) mass is 284 g/mol. The van der Waals surface area contributed by atoms with Crippen LogP contribution in [0.1, 0.15) is 34.6 Å². The standard InChI is InChI=1S/C15H32N4O/c1-6-16-15(17-7-12(4)10-20)18-14-9-19(11(2)3)8-13(14)5/h11-14,20H,6-10H2,1-5H3,(H2,16,17,18). The number of hydrogen-bond acceptors (Lipinski definition) is 3. The lowest BCUT2D eigenvalue weighted by atomic mass is 10.1. The molecule has 118 valence electrons. The minimum absolute atomic E-state index is 0.184. The van der Waals surface area contributed by atoms with Gasteiger partial charge in [0.1, 0.15) is 0 Å². The predicted molar refractivity (Wildman–Crippen MR) is 85.0 cm³/mol. The first-order valence-corrected chi connectivity index (χ1v) is 7.87. The molecule has 1 heterocycles. The van der Waals surface area contributed by atoms with Crippen molar-refractivity contribution < 1.29 is 5.11 Å². The van der Waals surface area contributed by atoms with E-state index in [-0.39, 0.29) is 12.5 Å². The zero-order valence-corrected chi connectivity index (χ0v) is 13.7. The number of nitrogens with one attached hydrogen (secondary N) is 2. The molecule has 0 bridgehead atoms. The molecule has 20 heavy (non-hydrogen) atoms. The zero-order chi connectivity index (χ0) is 15.1. The van der Waals surface area contributed by atoms with Crippen LogP contribution in [0.5, 0.6) is 0 Å². The topological polar surface area (TPSA) is 59.9 Å². The van der Waals surface area contributed by atoms with Crippen LogP contribution in [-0.4, -0.2) is 60.8 Å². The van der Waals surface area contributed by atoms with Crippen LogP contribution in [-0.2, 0) is 0 Å². The highest BCUT2D eigenvalue weighted by molar-refractivity contribution is 5.80. The molecule has 0 aliphatic carbocycles. The number of likely N-dealkylation sites (tertiary alicyclic amines) is 1. The maximum atomic E-state index is 9.08. The molecule has 0 radical (unpaired) electrons. The molecule has 1 saturated heterocycles. The number of rotatable bonds is 6. The van der Waals surface area contributed by atoms with Crippen LogP contribution < -0.4 is 10.6 Å². The Balaban J connectivity index is 2.57. The van der Waals surface area contributed by atoms with Gasteiger partial charge in [-0.3, -0.25) is 9.89 Å². The summed E-state index contributed by atoms with van der Waals surface area (Å²) in [5.74, 6) is 1.70. The minimum Gasteiger partial charge on any atom is -0.396 e. The van der Waals surface area contributed by atoms with Crippen molar-refractivity contribution in [1.29, 1.82) is 0 Å². The van der Waals surface area contributed by atoms with Crippen molar-refractivity contribution in [3.63, 3.8) is 0 Å². The van der Waals surface area contributed by atoms with Gasteiger partial charge in [-0.1, -0.05) is 13.8 Å². The quantitative estimate of drug-likeness (QED) is 0.501. The summed E-state index contributed by atoms with van der Waals surface area (Å²) in [6.07, 6.45) is 0. The molecular formula is C15H32N4O. The fourth-order valence-corrected chi connectivity index (χ4v) is 2.41. The lowest BCUT2D eigenvalue weighted by Crippen LogP contribution is -2.47. The highest BCUT2D eigenvalue weighted by Crippen LogP contribution is 2.18. The van der Waals surface area contributed by atoms with Gasteiger partial charge >= 0.3 is 0 Å².